The second kappa shape index (κ2) is 10.4. The number of hydrogen-bond acceptors (Lipinski definition) is 7. The fourth-order valence-corrected chi connectivity index (χ4v) is 3.76. The topological polar surface area (TPSA) is 92.9 Å². The van der Waals surface area contributed by atoms with Gasteiger partial charge in [-0.15, -0.1) is 0 Å². The molecule has 3 aromatic rings. The molecule has 1 heterocycles. The zero-order valence-corrected chi connectivity index (χ0v) is 19.2. The van der Waals surface area contributed by atoms with Gasteiger partial charge in [0.15, 0.2) is 0 Å². The molecule has 0 fully saturated rings. The molecule has 2 aromatic carbocycles. The molecule has 0 amide bonds. The molecule has 0 radical (unpaired) electrons. The Morgan fingerprint density at radius 2 is 1.75 bits per heavy atom. The van der Waals surface area contributed by atoms with E-state index in [-0.39, 0.29) is 0 Å². The summed E-state index contributed by atoms with van der Waals surface area (Å²) in [5.74, 6) is 0.890. The van der Waals surface area contributed by atoms with Gasteiger partial charge >= 0.3 is 5.97 Å². The van der Waals surface area contributed by atoms with E-state index in [2.05, 4.69) is 0 Å². The van der Waals surface area contributed by atoms with Gasteiger partial charge < -0.3 is 24.7 Å². The van der Waals surface area contributed by atoms with Crippen LogP contribution in [-0.2, 0) is 27.3 Å². The van der Waals surface area contributed by atoms with Gasteiger partial charge in [0.05, 0.1) is 39.0 Å². The Bertz CT molecular complexity index is 1090. The van der Waals surface area contributed by atoms with E-state index in [0.717, 1.165) is 38.9 Å². The van der Waals surface area contributed by atoms with Gasteiger partial charge in [0.25, 0.3) is 0 Å². The molecule has 32 heavy (non-hydrogen) atoms. The lowest BCUT2D eigenvalue weighted by molar-refractivity contribution is -0.142. The summed E-state index contributed by atoms with van der Waals surface area (Å²) in [5, 5.41) is 0.912. The lowest BCUT2D eigenvalue weighted by Gasteiger charge is -2.19. The van der Waals surface area contributed by atoms with E-state index >= 15 is 0 Å². The Kier molecular flexibility index (Phi) is 7.66. The minimum Gasteiger partial charge on any atom is -0.496 e. The average molecular weight is 439 g/mol. The monoisotopic (exact) mass is 438 g/mol. The fourth-order valence-electron chi connectivity index (χ4n) is 3.76. The zero-order valence-electron chi connectivity index (χ0n) is 19.2. The molecule has 170 valence electrons. The van der Waals surface area contributed by atoms with Crippen molar-refractivity contribution in [3.05, 3.63) is 53.2 Å². The summed E-state index contributed by atoms with van der Waals surface area (Å²) in [6, 6.07) is 11.0. The molecule has 2 N–H and O–H groups in total. The molecule has 0 bridgehead atoms. The van der Waals surface area contributed by atoms with Crippen LogP contribution < -0.4 is 15.2 Å². The maximum atomic E-state index is 11.9. The van der Waals surface area contributed by atoms with Crippen LogP contribution in [0.5, 0.6) is 11.5 Å². The number of carbonyl (C=O) groups excluding carboxylic acids is 1. The van der Waals surface area contributed by atoms with Crippen molar-refractivity contribution < 1.29 is 23.7 Å². The molecule has 0 aliphatic carbocycles. The molecule has 7 nitrogen and oxygen atoms in total. The quantitative estimate of drug-likeness (QED) is 0.508. The summed E-state index contributed by atoms with van der Waals surface area (Å²) < 4.78 is 21.8. The average Bonchev–Trinajstić information content (AvgIpc) is 2.81. The predicted molar refractivity (Wildman–Crippen MR) is 124 cm³/mol. The van der Waals surface area contributed by atoms with Gasteiger partial charge in [0.1, 0.15) is 17.5 Å². The first-order chi connectivity index (χ1) is 15.4. The molecule has 0 spiro atoms. The zero-order chi connectivity index (χ0) is 23.3. The van der Waals surface area contributed by atoms with E-state index < -0.39 is 12.0 Å². The highest BCUT2D eigenvalue weighted by Crippen LogP contribution is 2.43. The van der Waals surface area contributed by atoms with Crippen molar-refractivity contribution in [3.63, 3.8) is 0 Å². The normalized spacial score (nSPS) is 11.9. The van der Waals surface area contributed by atoms with Gasteiger partial charge in [-0.3, -0.25) is 9.78 Å². The molecule has 0 aliphatic heterocycles. The number of carbonyl (C=O) groups is 1. The number of fused-ring (bicyclic) bond motifs is 1. The van der Waals surface area contributed by atoms with Gasteiger partial charge in [-0.05, 0) is 49.6 Å². The summed E-state index contributed by atoms with van der Waals surface area (Å²) in [4.78, 5) is 16.7. The third-order valence-electron chi connectivity index (χ3n) is 5.34. The predicted octanol–water partition coefficient (Wildman–Crippen LogP) is 3.81. The maximum Gasteiger partial charge on any atom is 0.322 e. The molecular weight excluding hydrogens is 408 g/mol. The smallest absolute Gasteiger partial charge is 0.322 e. The Labute approximate surface area is 188 Å². The number of hydrogen-bond donors (Lipinski definition) is 1. The van der Waals surface area contributed by atoms with Crippen LogP contribution in [0.15, 0.2) is 36.4 Å². The van der Waals surface area contributed by atoms with Crippen molar-refractivity contribution >= 4 is 16.9 Å². The molecule has 0 aliphatic rings. The highest BCUT2D eigenvalue weighted by molar-refractivity contribution is 5.99. The molecule has 0 saturated heterocycles. The number of nitrogens with zero attached hydrogens (tertiary/aromatic N) is 1. The van der Waals surface area contributed by atoms with E-state index in [1.54, 1.807) is 14.2 Å². The van der Waals surface area contributed by atoms with Crippen LogP contribution in [-0.4, -0.2) is 44.9 Å². The van der Waals surface area contributed by atoms with E-state index in [9.17, 15) is 4.79 Å². The molecule has 7 heteroatoms. The SMILES string of the molecule is CCOCc1cc(OC)c(-c2ccc(CC(N)C(=O)OC)c3ccc(C)nc23)c(OC)c1. The Hall–Kier alpha value is -3.16. The molecule has 3 rings (SSSR count). The number of methoxy groups -OCH3 is 3. The molecule has 1 aromatic heterocycles. The van der Waals surface area contributed by atoms with E-state index in [1.165, 1.54) is 7.11 Å². The van der Waals surface area contributed by atoms with E-state index in [0.29, 0.717) is 31.1 Å². The van der Waals surface area contributed by atoms with E-state index in [1.807, 2.05) is 50.2 Å². The van der Waals surface area contributed by atoms with Crippen molar-refractivity contribution in [2.24, 2.45) is 5.73 Å². The Morgan fingerprint density at radius 1 is 1.06 bits per heavy atom. The Balaban J connectivity index is 2.20. The first-order valence-electron chi connectivity index (χ1n) is 10.5. The van der Waals surface area contributed by atoms with Gasteiger partial charge in [-0.2, -0.15) is 0 Å². The van der Waals surface area contributed by atoms with Crippen LogP contribution in [0.3, 0.4) is 0 Å². The van der Waals surface area contributed by atoms with Crippen LogP contribution in [0.4, 0.5) is 0 Å². The number of nitrogens with two attached hydrogens (primary N) is 1. The van der Waals surface area contributed by atoms with Crippen molar-refractivity contribution in [2.75, 3.05) is 27.9 Å². The lowest BCUT2D eigenvalue weighted by atomic mass is 9.93. The standard InChI is InChI=1S/C25H30N2O5/c1-6-32-14-16-11-21(29-3)23(22(12-16)30-4)19-10-8-17(13-20(26)25(28)31-5)18-9-7-15(2)27-24(18)19/h7-12,20H,6,13-14,26H2,1-5H3. The Morgan fingerprint density at radius 3 is 2.34 bits per heavy atom. The summed E-state index contributed by atoms with van der Waals surface area (Å²) in [5.41, 5.74) is 11.2. The largest absolute Gasteiger partial charge is 0.496 e. The van der Waals surface area contributed by atoms with Crippen LogP contribution in [0.1, 0.15) is 23.7 Å². The van der Waals surface area contributed by atoms with Gasteiger partial charge in [-0.25, -0.2) is 0 Å². The van der Waals surface area contributed by atoms with Crippen molar-refractivity contribution in [1.29, 1.82) is 0 Å². The summed E-state index contributed by atoms with van der Waals surface area (Å²) in [7, 11) is 4.60. The van der Waals surface area contributed by atoms with Gasteiger partial charge in [0.2, 0.25) is 0 Å². The summed E-state index contributed by atoms with van der Waals surface area (Å²) >= 11 is 0. The van der Waals surface area contributed by atoms with Crippen molar-refractivity contribution in [2.45, 2.75) is 32.9 Å². The van der Waals surface area contributed by atoms with Gasteiger partial charge in [-0.1, -0.05) is 18.2 Å². The third-order valence-corrected chi connectivity index (χ3v) is 5.34. The molecular formula is C25H30N2O5. The summed E-state index contributed by atoms with van der Waals surface area (Å²) in [6.45, 7) is 4.98. The molecule has 1 atom stereocenters. The van der Waals surface area contributed by atoms with E-state index in [4.69, 9.17) is 29.7 Å². The van der Waals surface area contributed by atoms with Crippen LogP contribution in [0.2, 0.25) is 0 Å². The third kappa shape index (κ3) is 4.84. The molecule has 1 unspecified atom stereocenters. The van der Waals surface area contributed by atoms with Crippen molar-refractivity contribution in [3.8, 4) is 22.6 Å². The minimum atomic E-state index is -0.753. The lowest BCUT2D eigenvalue weighted by Crippen LogP contribution is -2.33. The fraction of sp³-hybridized carbons (Fsp3) is 0.360. The highest BCUT2D eigenvalue weighted by Gasteiger charge is 2.21. The highest BCUT2D eigenvalue weighted by atomic mass is 16.5. The van der Waals surface area contributed by atoms with Crippen LogP contribution in [0.25, 0.3) is 22.0 Å². The maximum absolute atomic E-state index is 11.9. The van der Waals surface area contributed by atoms with Crippen LogP contribution in [0, 0.1) is 6.92 Å². The number of esters is 1. The van der Waals surface area contributed by atoms with Gasteiger partial charge in [0, 0.05) is 23.3 Å². The first kappa shape index (κ1) is 23.5. The number of pyridine rings is 1. The second-order valence-corrected chi connectivity index (χ2v) is 7.47. The number of ether oxygens (including phenoxy) is 4. The second-order valence-electron chi connectivity index (χ2n) is 7.47. The molecule has 0 saturated carbocycles. The minimum absolute atomic E-state index is 0.343. The first-order valence-corrected chi connectivity index (χ1v) is 10.5. The number of benzene rings is 2. The number of aromatic nitrogens is 1. The number of rotatable bonds is 9. The number of aryl methyl sites for hydroxylation is 1. The van der Waals surface area contributed by atoms with Crippen molar-refractivity contribution in [1.82, 2.24) is 4.98 Å². The summed E-state index contributed by atoms with van der Waals surface area (Å²) in [6.07, 6.45) is 0.343. The van der Waals surface area contributed by atoms with Crippen LogP contribution >= 0.6 is 0 Å².